The van der Waals surface area contributed by atoms with Crippen LogP contribution in [0, 0.1) is 5.41 Å². The first-order valence-electron chi connectivity index (χ1n) is 8.51. The Balaban J connectivity index is 2.31. The monoisotopic (exact) mass is 335 g/mol. The fraction of sp³-hybridized carbons (Fsp3) is 0.632. The van der Waals surface area contributed by atoms with E-state index in [2.05, 4.69) is 48.5 Å². The summed E-state index contributed by atoms with van der Waals surface area (Å²) >= 11 is 0. The Hall–Kier alpha value is -1.75. The van der Waals surface area contributed by atoms with E-state index in [9.17, 15) is 0 Å². The van der Waals surface area contributed by atoms with Gasteiger partial charge in [-0.1, -0.05) is 32.9 Å². The predicted molar refractivity (Wildman–Crippen MR) is 101 cm³/mol. The zero-order valence-electron chi connectivity index (χ0n) is 16.0. The summed E-state index contributed by atoms with van der Waals surface area (Å²) in [6, 6.07) is 8.22. The van der Waals surface area contributed by atoms with Crippen molar-refractivity contribution in [1.82, 2.24) is 10.6 Å². The molecule has 1 aromatic carbocycles. The van der Waals surface area contributed by atoms with Crippen LogP contribution < -0.4 is 15.4 Å². The lowest BCUT2D eigenvalue weighted by atomic mass is 9.89. The average Bonchev–Trinajstić information content (AvgIpc) is 2.56. The van der Waals surface area contributed by atoms with E-state index in [1.54, 1.807) is 21.3 Å². The first kappa shape index (κ1) is 20.3. The molecule has 5 heteroatoms. The normalized spacial score (nSPS) is 13.5. The predicted octanol–water partition coefficient (Wildman–Crippen LogP) is 2.85. The molecule has 0 fully saturated rings. The molecule has 0 radical (unpaired) electrons. The fourth-order valence-electron chi connectivity index (χ4n) is 2.44. The Kier molecular flexibility index (Phi) is 8.61. The van der Waals surface area contributed by atoms with Crippen molar-refractivity contribution in [2.45, 2.75) is 39.7 Å². The number of benzene rings is 1. The largest absolute Gasteiger partial charge is 0.497 e. The first-order valence-corrected chi connectivity index (χ1v) is 8.51. The summed E-state index contributed by atoms with van der Waals surface area (Å²) < 4.78 is 10.7. The molecule has 0 aromatic heterocycles. The average molecular weight is 335 g/mol. The van der Waals surface area contributed by atoms with Gasteiger partial charge in [0.05, 0.1) is 13.2 Å². The summed E-state index contributed by atoms with van der Waals surface area (Å²) in [5.74, 6) is 1.71. The highest BCUT2D eigenvalue weighted by atomic mass is 16.5. The molecule has 136 valence electrons. The molecule has 0 spiro atoms. The van der Waals surface area contributed by atoms with Crippen LogP contribution in [0.3, 0.4) is 0 Å². The van der Waals surface area contributed by atoms with Crippen LogP contribution in [-0.2, 0) is 11.2 Å². The number of nitrogens with one attached hydrogen (secondary N) is 2. The summed E-state index contributed by atoms with van der Waals surface area (Å²) in [6.45, 7) is 8.13. The molecule has 0 heterocycles. The molecule has 1 rings (SSSR count). The minimum absolute atomic E-state index is 0.0922. The van der Waals surface area contributed by atoms with Crippen molar-refractivity contribution < 1.29 is 9.47 Å². The zero-order chi connectivity index (χ0) is 18.0. The van der Waals surface area contributed by atoms with Crippen LogP contribution in [0.25, 0.3) is 0 Å². The Bertz CT molecular complexity index is 492. The third-order valence-electron chi connectivity index (χ3n) is 4.02. The Morgan fingerprint density at radius 1 is 1.12 bits per heavy atom. The quantitative estimate of drug-likeness (QED) is 0.436. The molecule has 1 aromatic rings. The standard InChI is InChI=1S/C19H33N3O2/c1-19(2,3)17(24-6)14-22-18(20-4)21-13-7-8-15-9-11-16(23-5)12-10-15/h9-12,17H,7-8,13-14H2,1-6H3,(H2,20,21,22). The van der Waals surface area contributed by atoms with Gasteiger partial charge in [0, 0.05) is 27.2 Å². The van der Waals surface area contributed by atoms with Crippen LogP contribution in [0.4, 0.5) is 0 Å². The van der Waals surface area contributed by atoms with Crippen LogP contribution in [0.1, 0.15) is 32.8 Å². The van der Waals surface area contributed by atoms with Gasteiger partial charge in [0.2, 0.25) is 0 Å². The molecular weight excluding hydrogens is 302 g/mol. The van der Waals surface area contributed by atoms with Gasteiger partial charge in [-0.25, -0.2) is 0 Å². The SMILES string of the molecule is CN=C(NCCCc1ccc(OC)cc1)NCC(OC)C(C)(C)C. The number of methoxy groups -OCH3 is 2. The van der Waals surface area contributed by atoms with Crippen LogP contribution in [0.15, 0.2) is 29.3 Å². The van der Waals surface area contributed by atoms with Crippen LogP contribution in [0.5, 0.6) is 5.75 Å². The molecule has 0 aliphatic heterocycles. The number of ether oxygens (including phenoxy) is 2. The van der Waals surface area contributed by atoms with Gasteiger partial charge in [-0.3, -0.25) is 4.99 Å². The second-order valence-corrected chi connectivity index (χ2v) is 6.92. The van der Waals surface area contributed by atoms with Crippen molar-refractivity contribution in [3.8, 4) is 5.75 Å². The minimum atomic E-state index is 0.0922. The van der Waals surface area contributed by atoms with Gasteiger partial charge >= 0.3 is 0 Å². The minimum Gasteiger partial charge on any atom is -0.497 e. The summed E-state index contributed by atoms with van der Waals surface area (Å²) in [4.78, 5) is 4.27. The van der Waals surface area contributed by atoms with Gasteiger partial charge in [-0.05, 0) is 36.0 Å². The lowest BCUT2D eigenvalue weighted by Gasteiger charge is -2.30. The van der Waals surface area contributed by atoms with E-state index in [4.69, 9.17) is 9.47 Å². The first-order chi connectivity index (χ1) is 11.4. The molecule has 0 aliphatic carbocycles. The molecule has 0 bridgehead atoms. The molecule has 1 unspecified atom stereocenters. The number of rotatable bonds is 8. The third kappa shape index (κ3) is 7.21. The molecular formula is C19H33N3O2. The number of aliphatic imine (C=N–C) groups is 1. The number of aryl methyl sites for hydroxylation is 1. The highest BCUT2D eigenvalue weighted by Crippen LogP contribution is 2.20. The molecule has 0 amide bonds. The molecule has 0 saturated carbocycles. The second kappa shape index (κ2) is 10.2. The second-order valence-electron chi connectivity index (χ2n) is 6.92. The Labute approximate surface area is 146 Å². The van der Waals surface area contributed by atoms with E-state index in [0.29, 0.717) is 0 Å². The maximum absolute atomic E-state index is 5.56. The lowest BCUT2D eigenvalue weighted by molar-refractivity contribution is 0.0205. The summed E-state index contributed by atoms with van der Waals surface area (Å²) in [7, 11) is 5.23. The van der Waals surface area contributed by atoms with Crippen molar-refractivity contribution in [3.63, 3.8) is 0 Å². The molecule has 0 aliphatic rings. The number of hydrogen-bond donors (Lipinski definition) is 2. The fourth-order valence-corrected chi connectivity index (χ4v) is 2.44. The van der Waals surface area contributed by atoms with E-state index in [1.165, 1.54) is 5.56 Å². The van der Waals surface area contributed by atoms with Crippen LogP contribution in [0.2, 0.25) is 0 Å². The van der Waals surface area contributed by atoms with Gasteiger partial charge in [-0.2, -0.15) is 0 Å². The number of hydrogen-bond acceptors (Lipinski definition) is 3. The van der Waals surface area contributed by atoms with E-state index >= 15 is 0 Å². The third-order valence-corrected chi connectivity index (χ3v) is 4.02. The van der Waals surface area contributed by atoms with Gasteiger partial charge in [0.25, 0.3) is 0 Å². The number of guanidine groups is 1. The van der Waals surface area contributed by atoms with Crippen molar-refractivity contribution in [1.29, 1.82) is 0 Å². The number of nitrogens with zero attached hydrogens (tertiary/aromatic N) is 1. The van der Waals surface area contributed by atoms with E-state index in [-0.39, 0.29) is 11.5 Å². The van der Waals surface area contributed by atoms with Crippen LogP contribution in [-0.4, -0.2) is 46.4 Å². The van der Waals surface area contributed by atoms with E-state index in [0.717, 1.165) is 37.6 Å². The summed E-state index contributed by atoms with van der Waals surface area (Å²) in [5, 5.41) is 6.69. The molecule has 5 nitrogen and oxygen atoms in total. The molecule has 0 saturated heterocycles. The molecule has 24 heavy (non-hydrogen) atoms. The Morgan fingerprint density at radius 3 is 2.29 bits per heavy atom. The van der Waals surface area contributed by atoms with Gasteiger partial charge in [-0.15, -0.1) is 0 Å². The maximum Gasteiger partial charge on any atom is 0.191 e. The summed E-state index contributed by atoms with van der Waals surface area (Å²) in [5.41, 5.74) is 1.40. The smallest absolute Gasteiger partial charge is 0.191 e. The van der Waals surface area contributed by atoms with Crippen molar-refractivity contribution in [3.05, 3.63) is 29.8 Å². The topological polar surface area (TPSA) is 54.9 Å². The van der Waals surface area contributed by atoms with Crippen LogP contribution >= 0.6 is 0 Å². The Morgan fingerprint density at radius 2 is 1.79 bits per heavy atom. The van der Waals surface area contributed by atoms with Gasteiger partial charge in [0.1, 0.15) is 5.75 Å². The molecule has 1 atom stereocenters. The van der Waals surface area contributed by atoms with E-state index in [1.807, 2.05) is 12.1 Å². The molecule has 2 N–H and O–H groups in total. The van der Waals surface area contributed by atoms with Crippen molar-refractivity contribution in [2.75, 3.05) is 34.4 Å². The maximum atomic E-state index is 5.56. The van der Waals surface area contributed by atoms with Crippen molar-refractivity contribution >= 4 is 5.96 Å². The summed E-state index contributed by atoms with van der Waals surface area (Å²) in [6.07, 6.45) is 2.20. The highest BCUT2D eigenvalue weighted by molar-refractivity contribution is 5.79. The van der Waals surface area contributed by atoms with E-state index < -0.39 is 0 Å². The highest BCUT2D eigenvalue weighted by Gasteiger charge is 2.24. The lowest BCUT2D eigenvalue weighted by Crippen LogP contribution is -2.45. The van der Waals surface area contributed by atoms with Crippen molar-refractivity contribution in [2.24, 2.45) is 10.4 Å². The zero-order valence-corrected chi connectivity index (χ0v) is 16.0. The van der Waals surface area contributed by atoms with Gasteiger partial charge in [0.15, 0.2) is 5.96 Å². The van der Waals surface area contributed by atoms with Gasteiger partial charge < -0.3 is 20.1 Å².